The van der Waals surface area contributed by atoms with Crippen LogP contribution in [-0.2, 0) is 6.42 Å². The van der Waals surface area contributed by atoms with Gasteiger partial charge in [0.25, 0.3) is 0 Å². The van der Waals surface area contributed by atoms with Crippen LogP contribution >= 0.6 is 0 Å². The van der Waals surface area contributed by atoms with Crippen molar-refractivity contribution in [3.63, 3.8) is 0 Å². The number of fused-ring (bicyclic) bond motifs is 1. The van der Waals surface area contributed by atoms with Gasteiger partial charge in [0.2, 0.25) is 0 Å². The Kier molecular flexibility index (Phi) is 6.54. The van der Waals surface area contributed by atoms with E-state index >= 15 is 0 Å². The van der Waals surface area contributed by atoms with Crippen molar-refractivity contribution in [2.45, 2.75) is 85.7 Å². The SMILES string of the molecule is C/C(F)=C/CC/C(C)=C/CC[C@]1(C)CCc2c(C)c(O)c(C)c(C)c2O1. The predicted octanol–water partition coefficient (Wildman–Crippen LogP) is 6.78. The third-order valence-electron chi connectivity index (χ3n) is 5.72. The topological polar surface area (TPSA) is 29.5 Å². The van der Waals surface area contributed by atoms with Crippen molar-refractivity contribution in [1.29, 1.82) is 0 Å². The first-order valence-corrected chi connectivity index (χ1v) is 9.63. The van der Waals surface area contributed by atoms with E-state index in [1.807, 2.05) is 20.8 Å². The number of phenolic OH excluding ortho intramolecular Hbond substituents is 1. The molecule has 3 heteroatoms. The van der Waals surface area contributed by atoms with Gasteiger partial charge in [-0.25, -0.2) is 4.39 Å². The van der Waals surface area contributed by atoms with Crippen LogP contribution in [0.5, 0.6) is 11.5 Å². The molecule has 0 bridgehead atoms. The van der Waals surface area contributed by atoms with Gasteiger partial charge in [-0.1, -0.05) is 17.7 Å². The highest BCUT2D eigenvalue weighted by molar-refractivity contribution is 5.58. The molecule has 0 unspecified atom stereocenters. The molecule has 2 nitrogen and oxygen atoms in total. The Labute approximate surface area is 157 Å². The highest BCUT2D eigenvalue weighted by atomic mass is 19.1. The molecule has 0 saturated carbocycles. The van der Waals surface area contributed by atoms with E-state index in [-0.39, 0.29) is 11.4 Å². The molecule has 0 spiro atoms. The van der Waals surface area contributed by atoms with E-state index in [0.717, 1.165) is 66.5 Å². The van der Waals surface area contributed by atoms with E-state index in [2.05, 4.69) is 19.9 Å². The number of hydrogen-bond donors (Lipinski definition) is 1. The van der Waals surface area contributed by atoms with Gasteiger partial charge in [-0.2, -0.15) is 0 Å². The van der Waals surface area contributed by atoms with E-state index in [0.29, 0.717) is 5.75 Å². The molecule has 2 rings (SSSR count). The Balaban J connectivity index is 2.04. The fraction of sp³-hybridized carbons (Fsp3) is 0.565. The average molecular weight is 361 g/mol. The van der Waals surface area contributed by atoms with E-state index in [9.17, 15) is 9.50 Å². The van der Waals surface area contributed by atoms with Gasteiger partial charge in [-0.3, -0.25) is 0 Å². The minimum absolute atomic E-state index is 0.105. The van der Waals surface area contributed by atoms with Gasteiger partial charge >= 0.3 is 0 Å². The molecule has 1 N–H and O–H groups in total. The summed E-state index contributed by atoms with van der Waals surface area (Å²) < 4.78 is 19.2. The predicted molar refractivity (Wildman–Crippen MR) is 107 cm³/mol. The smallest absolute Gasteiger partial charge is 0.127 e. The zero-order valence-electron chi connectivity index (χ0n) is 17.1. The Morgan fingerprint density at radius 2 is 1.81 bits per heavy atom. The monoisotopic (exact) mass is 360 g/mol. The summed E-state index contributed by atoms with van der Waals surface area (Å²) in [6.07, 6.45) is 9.38. The van der Waals surface area contributed by atoms with Crippen LogP contribution in [0.1, 0.15) is 75.1 Å². The van der Waals surface area contributed by atoms with Gasteiger partial charge in [-0.15, -0.1) is 0 Å². The van der Waals surface area contributed by atoms with Gasteiger partial charge < -0.3 is 9.84 Å². The molecule has 1 heterocycles. The van der Waals surface area contributed by atoms with Gasteiger partial charge in [0.05, 0.1) is 5.83 Å². The summed E-state index contributed by atoms with van der Waals surface area (Å²) in [5.41, 5.74) is 5.20. The molecular weight excluding hydrogens is 327 g/mol. The maximum absolute atomic E-state index is 12.7. The van der Waals surface area contributed by atoms with Crippen molar-refractivity contribution in [1.82, 2.24) is 0 Å². The molecular formula is C23H33FO2. The maximum Gasteiger partial charge on any atom is 0.127 e. The quantitative estimate of drug-likeness (QED) is 0.566. The first kappa shape index (κ1) is 20.5. The number of allylic oxidation sites excluding steroid dienone is 4. The number of hydrogen-bond acceptors (Lipinski definition) is 2. The molecule has 0 aliphatic carbocycles. The van der Waals surface area contributed by atoms with Crippen LogP contribution in [0, 0.1) is 20.8 Å². The lowest BCUT2D eigenvalue weighted by Crippen LogP contribution is -2.37. The van der Waals surface area contributed by atoms with Crippen molar-refractivity contribution in [3.8, 4) is 11.5 Å². The number of aromatic hydroxyl groups is 1. The molecule has 1 atom stereocenters. The molecule has 1 aliphatic heterocycles. The fourth-order valence-electron chi connectivity index (χ4n) is 3.70. The standard InChI is InChI=1S/C23H33FO2/c1-15(9-7-11-16(2)24)10-8-13-23(6)14-12-20-19(5)21(25)17(3)18(4)22(20)26-23/h10-11,25H,7-9,12-14H2,1-6H3/b15-10+,16-11-/t23-/m1/s1. The Hall–Kier alpha value is -1.77. The van der Waals surface area contributed by atoms with E-state index in [1.54, 1.807) is 6.08 Å². The van der Waals surface area contributed by atoms with Gasteiger partial charge in [0.15, 0.2) is 0 Å². The summed E-state index contributed by atoms with van der Waals surface area (Å²) in [5.74, 6) is 1.27. The molecule has 26 heavy (non-hydrogen) atoms. The number of halogens is 1. The number of rotatable bonds is 6. The lowest BCUT2D eigenvalue weighted by atomic mass is 9.85. The molecule has 0 fully saturated rings. The minimum Gasteiger partial charge on any atom is -0.507 e. The van der Waals surface area contributed by atoms with Gasteiger partial charge in [-0.05, 0) is 96.8 Å². The molecule has 144 valence electrons. The third kappa shape index (κ3) is 4.69. The van der Waals surface area contributed by atoms with Crippen molar-refractivity contribution in [2.75, 3.05) is 0 Å². The normalized spacial score (nSPS) is 20.7. The van der Waals surface area contributed by atoms with E-state index in [1.165, 1.54) is 12.5 Å². The van der Waals surface area contributed by atoms with Crippen molar-refractivity contribution >= 4 is 0 Å². The largest absolute Gasteiger partial charge is 0.507 e. The number of phenols is 1. The lowest BCUT2D eigenvalue weighted by molar-refractivity contribution is 0.0558. The lowest BCUT2D eigenvalue weighted by Gasteiger charge is -2.38. The second kappa shape index (κ2) is 8.28. The summed E-state index contributed by atoms with van der Waals surface area (Å²) in [4.78, 5) is 0. The van der Waals surface area contributed by atoms with Crippen LogP contribution in [0.4, 0.5) is 4.39 Å². The Morgan fingerprint density at radius 1 is 1.12 bits per heavy atom. The highest BCUT2D eigenvalue weighted by Gasteiger charge is 2.33. The molecule has 0 amide bonds. The summed E-state index contributed by atoms with van der Waals surface area (Å²) in [6.45, 7) is 11.7. The average Bonchev–Trinajstić information content (AvgIpc) is 2.57. The number of benzene rings is 1. The maximum atomic E-state index is 12.7. The zero-order chi connectivity index (χ0) is 19.5. The Morgan fingerprint density at radius 3 is 2.46 bits per heavy atom. The van der Waals surface area contributed by atoms with Crippen LogP contribution < -0.4 is 4.74 Å². The molecule has 1 aliphatic rings. The fourth-order valence-corrected chi connectivity index (χ4v) is 3.70. The van der Waals surface area contributed by atoms with Crippen molar-refractivity contribution in [2.24, 2.45) is 0 Å². The van der Waals surface area contributed by atoms with Crippen molar-refractivity contribution in [3.05, 3.63) is 45.8 Å². The Bertz CT molecular complexity index is 726. The minimum atomic E-state index is -0.181. The summed E-state index contributed by atoms with van der Waals surface area (Å²) in [7, 11) is 0. The van der Waals surface area contributed by atoms with E-state index in [4.69, 9.17) is 4.74 Å². The first-order valence-electron chi connectivity index (χ1n) is 9.63. The second-order valence-electron chi connectivity index (χ2n) is 8.00. The van der Waals surface area contributed by atoms with Crippen LogP contribution in [0.2, 0.25) is 0 Å². The van der Waals surface area contributed by atoms with Crippen LogP contribution in [0.3, 0.4) is 0 Å². The van der Waals surface area contributed by atoms with Gasteiger partial charge in [0, 0.05) is 5.56 Å². The molecule has 0 aromatic heterocycles. The van der Waals surface area contributed by atoms with Crippen LogP contribution in [0.15, 0.2) is 23.6 Å². The summed E-state index contributed by atoms with van der Waals surface area (Å²) >= 11 is 0. The highest BCUT2D eigenvalue weighted by Crippen LogP contribution is 2.44. The zero-order valence-corrected chi connectivity index (χ0v) is 17.1. The number of ether oxygens (including phenoxy) is 1. The van der Waals surface area contributed by atoms with Gasteiger partial charge in [0.1, 0.15) is 17.1 Å². The molecule has 1 aromatic carbocycles. The molecule has 0 radical (unpaired) electrons. The summed E-state index contributed by atoms with van der Waals surface area (Å²) in [6, 6.07) is 0. The third-order valence-corrected chi connectivity index (χ3v) is 5.72. The van der Waals surface area contributed by atoms with E-state index < -0.39 is 0 Å². The van der Waals surface area contributed by atoms with Crippen molar-refractivity contribution < 1.29 is 14.2 Å². The van der Waals surface area contributed by atoms with Crippen LogP contribution in [0.25, 0.3) is 0 Å². The second-order valence-corrected chi connectivity index (χ2v) is 8.00. The first-order chi connectivity index (χ1) is 12.1. The van der Waals surface area contributed by atoms with Crippen LogP contribution in [-0.4, -0.2) is 10.7 Å². The summed E-state index contributed by atoms with van der Waals surface area (Å²) in [5, 5.41) is 10.3. The molecule has 0 saturated heterocycles. The molecule has 1 aromatic rings.